The Morgan fingerprint density at radius 3 is 2.94 bits per heavy atom. The number of rotatable bonds is 3. The van der Waals surface area contributed by atoms with Crippen LogP contribution >= 0.6 is 11.8 Å². The van der Waals surface area contributed by atoms with E-state index in [0.717, 1.165) is 12.5 Å². The van der Waals surface area contributed by atoms with E-state index in [9.17, 15) is 0 Å². The van der Waals surface area contributed by atoms with Crippen molar-refractivity contribution in [1.29, 1.82) is 0 Å². The fraction of sp³-hybridized carbons (Fsp3) is 1.00. The minimum Gasteiger partial charge on any atom is -0.329 e. The second-order valence-corrected chi connectivity index (χ2v) is 6.55. The molecule has 16 heavy (non-hydrogen) atoms. The Morgan fingerprint density at radius 1 is 1.44 bits per heavy atom. The van der Waals surface area contributed by atoms with Crippen LogP contribution in [-0.4, -0.2) is 41.6 Å². The van der Waals surface area contributed by atoms with Crippen LogP contribution in [0.15, 0.2) is 0 Å². The molecule has 0 aromatic carbocycles. The fourth-order valence-corrected chi connectivity index (χ4v) is 4.52. The minimum absolute atomic E-state index is 0.344. The van der Waals surface area contributed by atoms with E-state index in [1.807, 2.05) is 0 Å². The average molecular weight is 242 g/mol. The lowest BCUT2D eigenvalue weighted by Crippen LogP contribution is -2.59. The number of hydrogen-bond acceptors (Lipinski definition) is 3. The first-order valence-electron chi connectivity index (χ1n) is 6.83. The largest absolute Gasteiger partial charge is 0.329 e. The summed E-state index contributed by atoms with van der Waals surface area (Å²) >= 11 is 2.11. The van der Waals surface area contributed by atoms with Gasteiger partial charge in [-0.2, -0.15) is 11.8 Å². The van der Waals surface area contributed by atoms with E-state index < -0.39 is 0 Å². The predicted octanol–water partition coefficient (Wildman–Crippen LogP) is 2.33. The summed E-state index contributed by atoms with van der Waals surface area (Å²) in [6.45, 7) is 5.78. The second kappa shape index (κ2) is 5.74. The van der Waals surface area contributed by atoms with Crippen LogP contribution in [0.3, 0.4) is 0 Å². The van der Waals surface area contributed by atoms with Crippen molar-refractivity contribution in [2.45, 2.75) is 44.6 Å². The van der Waals surface area contributed by atoms with Crippen molar-refractivity contribution in [3.63, 3.8) is 0 Å². The molecule has 0 aromatic rings. The van der Waals surface area contributed by atoms with E-state index in [1.54, 1.807) is 0 Å². The van der Waals surface area contributed by atoms with E-state index in [0.29, 0.717) is 5.54 Å². The third-order valence-electron chi connectivity index (χ3n) is 4.45. The van der Waals surface area contributed by atoms with Crippen LogP contribution in [0.1, 0.15) is 39.0 Å². The molecule has 2 nitrogen and oxygen atoms in total. The molecule has 3 heteroatoms. The van der Waals surface area contributed by atoms with Crippen molar-refractivity contribution in [3.05, 3.63) is 0 Å². The molecule has 0 bridgehead atoms. The van der Waals surface area contributed by atoms with Crippen LogP contribution in [0.2, 0.25) is 0 Å². The highest BCUT2D eigenvalue weighted by Gasteiger charge is 2.38. The summed E-state index contributed by atoms with van der Waals surface area (Å²) < 4.78 is 0. The molecule has 0 amide bonds. The summed E-state index contributed by atoms with van der Waals surface area (Å²) in [4.78, 5) is 2.73. The predicted molar refractivity (Wildman–Crippen MR) is 72.9 cm³/mol. The maximum Gasteiger partial charge on any atom is 0.0422 e. The first-order valence-corrected chi connectivity index (χ1v) is 7.99. The average Bonchev–Trinajstić information content (AvgIpc) is 2.39. The van der Waals surface area contributed by atoms with Gasteiger partial charge in [0.25, 0.3) is 0 Å². The summed E-state index contributed by atoms with van der Waals surface area (Å²) in [7, 11) is 0. The minimum atomic E-state index is 0.344. The monoisotopic (exact) mass is 242 g/mol. The molecule has 2 N–H and O–H groups in total. The number of likely N-dealkylation sites (tertiary alicyclic amines) is 1. The third-order valence-corrected chi connectivity index (χ3v) is 5.77. The fourth-order valence-electron chi connectivity index (χ4n) is 3.21. The van der Waals surface area contributed by atoms with Crippen LogP contribution in [-0.2, 0) is 0 Å². The molecular formula is C13H26N2S. The maximum absolute atomic E-state index is 6.10. The molecule has 0 aliphatic carbocycles. The lowest BCUT2D eigenvalue weighted by molar-refractivity contribution is 0.0536. The van der Waals surface area contributed by atoms with Gasteiger partial charge >= 0.3 is 0 Å². The Balaban J connectivity index is 2.01. The standard InChI is InChI=1S/C13H26N2S/c1-2-12-5-3-7-15(9-12)13(10-14)6-4-8-16-11-13/h12H,2-11,14H2,1H3. The van der Waals surface area contributed by atoms with E-state index in [2.05, 4.69) is 23.6 Å². The highest BCUT2D eigenvalue weighted by Crippen LogP contribution is 2.34. The molecule has 2 fully saturated rings. The molecule has 2 heterocycles. The Bertz CT molecular complexity index is 214. The topological polar surface area (TPSA) is 29.3 Å². The highest BCUT2D eigenvalue weighted by atomic mass is 32.2. The van der Waals surface area contributed by atoms with Crippen LogP contribution in [0.25, 0.3) is 0 Å². The molecule has 2 aliphatic heterocycles. The van der Waals surface area contributed by atoms with Gasteiger partial charge in [-0.15, -0.1) is 0 Å². The van der Waals surface area contributed by atoms with Crippen LogP contribution in [0.5, 0.6) is 0 Å². The lowest BCUT2D eigenvalue weighted by Gasteiger charge is -2.49. The Morgan fingerprint density at radius 2 is 2.31 bits per heavy atom. The molecule has 2 saturated heterocycles. The van der Waals surface area contributed by atoms with Gasteiger partial charge < -0.3 is 5.73 Å². The van der Waals surface area contributed by atoms with Crippen molar-refractivity contribution in [2.75, 3.05) is 31.1 Å². The zero-order chi connectivity index (χ0) is 11.4. The van der Waals surface area contributed by atoms with Crippen molar-refractivity contribution >= 4 is 11.8 Å². The normalized spacial score (nSPS) is 37.5. The quantitative estimate of drug-likeness (QED) is 0.823. The Labute approximate surface area is 104 Å². The maximum atomic E-state index is 6.10. The van der Waals surface area contributed by atoms with Gasteiger partial charge in [0.1, 0.15) is 0 Å². The van der Waals surface area contributed by atoms with Gasteiger partial charge in [0.2, 0.25) is 0 Å². The Hall–Kier alpha value is 0.270. The molecule has 94 valence electrons. The van der Waals surface area contributed by atoms with E-state index >= 15 is 0 Å². The molecule has 0 aromatic heterocycles. The van der Waals surface area contributed by atoms with Crippen molar-refractivity contribution in [1.82, 2.24) is 4.90 Å². The first kappa shape index (κ1) is 12.7. The van der Waals surface area contributed by atoms with E-state index in [1.165, 1.54) is 56.7 Å². The number of hydrogen-bond donors (Lipinski definition) is 1. The number of piperidine rings is 1. The Kier molecular flexibility index (Phi) is 4.57. The van der Waals surface area contributed by atoms with Gasteiger partial charge in [-0.25, -0.2) is 0 Å². The molecule has 2 atom stereocenters. The summed E-state index contributed by atoms with van der Waals surface area (Å²) in [6.07, 6.45) is 6.83. The lowest BCUT2D eigenvalue weighted by atomic mass is 9.87. The summed E-state index contributed by atoms with van der Waals surface area (Å²) in [6, 6.07) is 0. The number of nitrogens with zero attached hydrogens (tertiary/aromatic N) is 1. The van der Waals surface area contributed by atoms with Crippen LogP contribution in [0.4, 0.5) is 0 Å². The summed E-state index contributed by atoms with van der Waals surface area (Å²) in [5.41, 5.74) is 6.44. The van der Waals surface area contributed by atoms with Crippen molar-refractivity contribution < 1.29 is 0 Å². The zero-order valence-corrected chi connectivity index (χ0v) is 11.4. The van der Waals surface area contributed by atoms with E-state index in [4.69, 9.17) is 5.73 Å². The molecule has 0 saturated carbocycles. The molecule has 2 aliphatic rings. The van der Waals surface area contributed by atoms with Gasteiger partial charge in [0, 0.05) is 24.4 Å². The van der Waals surface area contributed by atoms with Gasteiger partial charge in [0.15, 0.2) is 0 Å². The smallest absolute Gasteiger partial charge is 0.0422 e. The van der Waals surface area contributed by atoms with Gasteiger partial charge in [0.05, 0.1) is 0 Å². The molecule has 2 rings (SSSR count). The molecular weight excluding hydrogens is 216 g/mol. The van der Waals surface area contributed by atoms with Crippen molar-refractivity contribution in [2.24, 2.45) is 11.7 Å². The number of nitrogens with two attached hydrogens (primary N) is 1. The van der Waals surface area contributed by atoms with E-state index in [-0.39, 0.29) is 0 Å². The summed E-state index contributed by atoms with van der Waals surface area (Å²) in [5.74, 6) is 3.52. The van der Waals surface area contributed by atoms with Gasteiger partial charge in [-0.1, -0.05) is 13.3 Å². The van der Waals surface area contributed by atoms with Gasteiger partial charge in [-0.05, 0) is 43.9 Å². The van der Waals surface area contributed by atoms with Crippen molar-refractivity contribution in [3.8, 4) is 0 Å². The zero-order valence-electron chi connectivity index (χ0n) is 10.6. The molecule has 0 radical (unpaired) electrons. The number of thioether (sulfide) groups is 1. The molecule has 0 spiro atoms. The molecule has 2 unspecified atom stereocenters. The highest BCUT2D eigenvalue weighted by molar-refractivity contribution is 7.99. The summed E-state index contributed by atoms with van der Waals surface area (Å²) in [5, 5.41) is 0. The van der Waals surface area contributed by atoms with Gasteiger partial charge in [-0.3, -0.25) is 4.90 Å². The van der Waals surface area contributed by atoms with Crippen LogP contribution in [0, 0.1) is 5.92 Å². The third kappa shape index (κ3) is 2.57. The second-order valence-electron chi connectivity index (χ2n) is 5.45. The first-order chi connectivity index (χ1) is 7.80. The van der Waals surface area contributed by atoms with Crippen LogP contribution < -0.4 is 5.73 Å². The SMILES string of the molecule is CCC1CCCN(C2(CN)CCCSC2)C1.